The molecule has 0 saturated carbocycles. The summed E-state index contributed by atoms with van der Waals surface area (Å²) in [5, 5.41) is 5.55. The lowest BCUT2D eigenvalue weighted by atomic mass is 9.96. The third-order valence-corrected chi connectivity index (χ3v) is 5.57. The molecule has 1 saturated heterocycles. The third-order valence-electron chi connectivity index (χ3n) is 5.57. The normalized spacial score (nSPS) is 17.5. The second-order valence-corrected chi connectivity index (χ2v) is 7.44. The lowest BCUT2D eigenvalue weighted by molar-refractivity contribution is 0.322. The van der Waals surface area contributed by atoms with E-state index in [-0.39, 0.29) is 5.82 Å². The monoisotopic (exact) mass is 364 g/mol. The van der Waals surface area contributed by atoms with Crippen LogP contribution in [0.4, 0.5) is 15.9 Å². The molecular formula is C22H25FN4. The van der Waals surface area contributed by atoms with Crippen molar-refractivity contribution in [2.45, 2.75) is 25.8 Å². The molecule has 3 aromatic rings. The standard InChI is InChI=1S/C22H25FN4/c1-14-5-3-7-19(23)22(14)15-9-16-12-26-21(24)11-18(16)20(10-15)25-13-17-6-4-8-27(17)2/h3,5,7,9-12,17,25H,4,6,8,13H2,1-2H3,(H2,24,26)/t17-/m1/s1. The number of fused-ring (bicyclic) bond motifs is 1. The summed E-state index contributed by atoms with van der Waals surface area (Å²) in [7, 11) is 2.17. The highest BCUT2D eigenvalue weighted by Gasteiger charge is 2.21. The fourth-order valence-corrected chi connectivity index (χ4v) is 4.03. The van der Waals surface area contributed by atoms with Gasteiger partial charge < -0.3 is 16.0 Å². The van der Waals surface area contributed by atoms with Gasteiger partial charge in [-0.15, -0.1) is 0 Å². The molecule has 1 aliphatic rings. The highest BCUT2D eigenvalue weighted by molar-refractivity contribution is 5.98. The maximum Gasteiger partial charge on any atom is 0.131 e. The number of aromatic nitrogens is 1. The second-order valence-electron chi connectivity index (χ2n) is 7.44. The first-order valence-corrected chi connectivity index (χ1v) is 9.42. The highest BCUT2D eigenvalue weighted by Crippen LogP contribution is 2.34. The number of nitrogens with one attached hydrogen (secondary N) is 1. The van der Waals surface area contributed by atoms with Gasteiger partial charge in [0.15, 0.2) is 0 Å². The molecule has 0 bridgehead atoms. The minimum atomic E-state index is -0.209. The zero-order valence-electron chi connectivity index (χ0n) is 15.8. The molecule has 2 aromatic carbocycles. The van der Waals surface area contributed by atoms with Crippen LogP contribution >= 0.6 is 0 Å². The number of halogens is 1. The summed E-state index contributed by atoms with van der Waals surface area (Å²) >= 11 is 0. The summed E-state index contributed by atoms with van der Waals surface area (Å²) in [6, 6.07) is 11.6. The van der Waals surface area contributed by atoms with Gasteiger partial charge >= 0.3 is 0 Å². The Hall–Kier alpha value is -2.66. The van der Waals surface area contributed by atoms with E-state index in [1.165, 1.54) is 18.9 Å². The van der Waals surface area contributed by atoms with E-state index >= 15 is 0 Å². The Kier molecular flexibility index (Phi) is 4.70. The van der Waals surface area contributed by atoms with E-state index in [4.69, 9.17) is 5.73 Å². The Bertz CT molecular complexity index is 965. The Balaban J connectivity index is 1.79. The molecule has 1 fully saturated rings. The summed E-state index contributed by atoms with van der Waals surface area (Å²) in [6.45, 7) is 3.93. The molecule has 27 heavy (non-hydrogen) atoms. The number of rotatable bonds is 4. The van der Waals surface area contributed by atoms with E-state index in [1.54, 1.807) is 12.3 Å². The van der Waals surface area contributed by atoms with E-state index in [1.807, 2.05) is 31.2 Å². The average molecular weight is 364 g/mol. The van der Waals surface area contributed by atoms with Crippen molar-refractivity contribution in [3.8, 4) is 11.1 Å². The average Bonchev–Trinajstić information content (AvgIpc) is 3.05. The van der Waals surface area contributed by atoms with Crippen LogP contribution in [-0.2, 0) is 0 Å². The first-order valence-electron chi connectivity index (χ1n) is 9.42. The maximum atomic E-state index is 14.6. The van der Waals surface area contributed by atoms with Crippen molar-refractivity contribution in [3.05, 3.63) is 54.0 Å². The van der Waals surface area contributed by atoms with Crippen LogP contribution in [-0.4, -0.2) is 36.1 Å². The molecule has 0 aliphatic carbocycles. The van der Waals surface area contributed by atoms with Gasteiger partial charge in [0.25, 0.3) is 0 Å². The summed E-state index contributed by atoms with van der Waals surface area (Å²) < 4.78 is 14.6. The summed E-state index contributed by atoms with van der Waals surface area (Å²) in [6.07, 6.45) is 4.18. The van der Waals surface area contributed by atoms with Crippen LogP contribution in [0.3, 0.4) is 0 Å². The Morgan fingerprint density at radius 3 is 2.89 bits per heavy atom. The van der Waals surface area contributed by atoms with Gasteiger partial charge in [0.05, 0.1) is 0 Å². The van der Waals surface area contributed by atoms with Crippen molar-refractivity contribution < 1.29 is 4.39 Å². The van der Waals surface area contributed by atoms with Gasteiger partial charge in [0.2, 0.25) is 0 Å². The van der Waals surface area contributed by atoms with Crippen molar-refractivity contribution in [2.75, 3.05) is 31.2 Å². The van der Waals surface area contributed by atoms with Gasteiger partial charge in [-0.25, -0.2) is 9.37 Å². The van der Waals surface area contributed by atoms with E-state index in [0.717, 1.165) is 40.7 Å². The minimum Gasteiger partial charge on any atom is -0.384 e. The van der Waals surface area contributed by atoms with Crippen LogP contribution < -0.4 is 11.1 Å². The zero-order valence-corrected chi connectivity index (χ0v) is 15.8. The van der Waals surface area contributed by atoms with Gasteiger partial charge in [-0.3, -0.25) is 0 Å². The SMILES string of the molecule is Cc1cccc(F)c1-c1cc(NC[C@H]2CCCN2C)c2cc(N)ncc2c1. The quantitative estimate of drug-likeness (QED) is 0.719. The lowest BCUT2D eigenvalue weighted by Gasteiger charge is -2.21. The topological polar surface area (TPSA) is 54.2 Å². The van der Waals surface area contributed by atoms with E-state index in [0.29, 0.717) is 17.4 Å². The number of anilines is 2. The molecule has 0 radical (unpaired) electrons. The number of hydrogen-bond donors (Lipinski definition) is 2. The number of benzene rings is 2. The number of nitrogen functional groups attached to an aromatic ring is 1. The van der Waals surface area contributed by atoms with Crippen molar-refractivity contribution in [1.82, 2.24) is 9.88 Å². The first kappa shape index (κ1) is 17.7. The predicted octanol–water partition coefficient (Wildman–Crippen LogP) is 4.44. The number of hydrogen-bond acceptors (Lipinski definition) is 4. The highest BCUT2D eigenvalue weighted by atomic mass is 19.1. The second kappa shape index (κ2) is 7.16. The number of nitrogens with zero attached hydrogens (tertiary/aromatic N) is 2. The molecule has 5 heteroatoms. The van der Waals surface area contributed by atoms with Crippen molar-refractivity contribution in [1.29, 1.82) is 0 Å². The Morgan fingerprint density at radius 1 is 1.30 bits per heavy atom. The molecule has 1 aliphatic heterocycles. The van der Waals surface area contributed by atoms with Crippen LogP contribution in [0, 0.1) is 12.7 Å². The van der Waals surface area contributed by atoms with Crippen LogP contribution in [0.1, 0.15) is 18.4 Å². The smallest absolute Gasteiger partial charge is 0.131 e. The Labute approximate surface area is 159 Å². The zero-order chi connectivity index (χ0) is 19.0. The van der Waals surface area contributed by atoms with Crippen LogP contribution in [0.5, 0.6) is 0 Å². The fraction of sp³-hybridized carbons (Fsp3) is 0.318. The summed E-state index contributed by atoms with van der Waals surface area (Å²) in [5.41, 5.74) is 9.30. The van der Waals surface area contributed by atoms with Gasteiger partial charge in [-0.2, -0.15) is 0 Å². The van der Waals surface area contributed by atoms with Gasteiger partial charge in [0, 0.05) is 40.8 Å². The molecule has 3 N–H and O–H groups in total. The molecular weight excluding hydrogens is 339 g/mol. The molecule has 1 atom stereocenters. The summed E-state index contributed by atoms with van der Waals surface area (Å²) in [4.78, 5) is 6.61. The molecule has 0 unspecified atom stereocenters. The van der Waals surface area contributed by atoms with Crippen LogP contribution in [0.15, 0.2) is 42.6 Å². The van der Waals surface area contributed by atoms with Gasteiger partial charge in [-0.1, -0.05) is 12.1 Å². The fourth-order valence-electron chi connectivity index (χ4n) is 4.03. The van der Waals surface area contributed by atoms with Gasteiger partial charge in [0.1, 0.15) is 11.6 Å². The number of likely N-dealkylation sites (tertiary alicyclic amines) is 1. The molecule has 2 heterocycles. The molecule has 1 aromatic heterocycles. The third kappa shape index (κ3) is 3.47. The summed E-state index contributed by atoms with van der Waals surface area (Å²) in [5.74, 6) is 0.276. The number of nitrogens with two attached hydrogens (primary N) is 1. The largest absolute Gasteiger partial charge is 0.384 e. The van der Waals surface area contributed by atoms with E-state index in [2.05, 4.69) is 22.2 Å². The van der Waals surface area contributed by atoms with E-state index < -0.39 is 0 Å². The minimum absolute atomic E-state index is 0.209. The molecule has 4 rings (SSSR count). The molecule has 4 nitrogen and oxygen atoms in total. The molecule has 0 amide bonds. The lowest BCUT2D eigenvalue weighted by Crippen LogP contribution is -2.31. The van der Waals surface area contributed by atoms with E-state index in [9.17, 15) is 4.39 Å². The van der Waals surface area contributed by atoms with Crippen molar-refractivity contribution >= 4 is 22.3 Å². The van der Waals surface area contributed by atoms with Gasteiger partial charge in [-0.05, 0) is 68.8 Å². The van der Waals surface area contributed by atoms with Crippen molar-refractivity contribution in [3.63, 3.8) is 0 Å². The number of pyridine rings is 1. The predicted molar refractivity (Wildman–Crippen MR) is 110 cm³/mol. The number of aryl methyl sites for hydroxylation is 1. The van der Waals surface area contributed by atoms with Crippen LogP contribution in [0.2, 0.25) is 0 Å². The van der Waals surface area contributed by atoms with Crippen LogP contribution in [0.25, 0.3) is 21.9 Å². The Morgan fingerprint density at radius 2 is 2.15 bits per heavy atom. The first-order chi connectivity index (χ1) is 13.0. The number of likely N-dealkylation sites (N-methyl/N-ethyl adjacent to an activating group) is 1. The maximum absolute atomic E-state index is 14.6. The molecule has 0 spiro atoms. The van der Waals surface area contributed by atoms with Crippen molar-refractivity contribution in [2.24, 2.45) is 0 Å². The molecule has 140 valence electrons.